The number of aliphatic hydroxyl groups is 12. The van der Waals surface area contributed by atoms with Gasteiger partial charge in [0.2, 0.25) is 0 Å². The van der Waals surface area contributed by atoms with Crippen LogP contribution in [0.25, 0.3) is 0 Å². The first-order chi connectivity index (χ1) is 64.1. The van der Waals surface area contributed by atoms with Crippen LogP contribution in [0.15, 0.2) is 0 Å². The highest BCUT2D eigenvalue weighted by Crippen LogP contribution is 2.32. The molecule has 19 atom stereocenters. The maximum absolute atomic E-state index is 12.6. The molecule has 0 radical (unpaired) electrons. The maximum atomic E-state index is 12.6. The number of carbonyl (C=O) groups is 15. The summed E-state index contributed by atoms with van der Waals surface area (Å²) in [6.07, 6.45) is -25.4. The number of rotatable bonds is 79. The number of unbranched alkanes of at least 4 members (excludes halogenated alkanes) is 3. The summed E-state index contributed by atoms with van der Waals surface area (Å²) >= 11 is 0. The van der Waals surface area contributed by atoms with Gasteiger partial charge < -0.3 is 178 Å². The topological polar surface area (TPSA) is 914 Å². The van der Waals surface area contributed by atoms with E-state index in [1.54, 1.807) is 0 Å². The molecule has 30 N–H and O–H groups in total. The van der Waals surface area contributed by atoms with Gasteiger partial charge in [0.15, 0.2) is 12.6 Å². The van der Waals surface area contributed by atoms with Gasteiger partial charge in [-0.3, -0.25) is 116 Å². The van der Waals surface area contributed by atoms with E-state index in [-0.39, 0.29) is 137 Å². The Morgan fingerprint density at radius 1 is 0.358 bits per heavy atom. The van der Waals surface area contributed by atoms with Gasteiger partial charge in [-0.1, -0.05) is 19.3 Å². The number of carboxylic acid groups (broad SMARTS) is 15. The van der Waals surface area contributed by atoms with Crippen molar-refractivity contribution in [3.8, 4) is 0 Å². The molecule has 2 saturated heterocycles. The lowest BCUT2D eigenvalue weighted by Crippen LogP contribution is -2.65. The van der Waals surface area contributed by atoms with E-state index in [0.717, 1.165) is 31.4 Å². The van der Waals surface area contributed by atoms with E-state index in [2.05, 4.69) is 16.0 Å². The first kappa shape index (κ1) is 128. The van der Waals surface area contributed by atoms with Crippen LogP contribution in [0.3, 0.4) is 0 Å². The molecule has 59 heteroatoms. The molecule has 19 unspecified atom stereocenters. The number of ether oxygens (including phenoxy) is 5. The van der Waals surface area contributed by atoms with Gasteiger partial charge in [0.1, 0.15) is 79.2 Å². The molecule has 0 saturated carbocycles. The number of likely N-dealkylation sites (N-methyl/N-ethyl adjacent to an activating group) is 2. The van der Waals surface area contributed by atoms with Crippen molar-refractivity contribution in [2.24, 2.45) is 0 Å². The third kappa shape index (κ3) is 57.9. The molecule has 0 aromatic rings. The van der Waals surface area contributed by atoms with Crippen molar-refractivity contribution in [1.29, 1.82) is 0 Å². The molecule has 0 amide bonds. The predicted octanol–water partition coefficient (Wildman–Crippen LogP) is -13.6. The van der Waals surface area contributed by atoms with Gasteiger partial charge in [0.05, 0.1) is 129 Å². The molecule has 0 aromatic carbocycles. The van der Waals surface area contributed by atoms with Crippen LogP contribution in [-0.2, 0) is 95.6 Å². The fourth-order valence-corrected chi connectivity index (χ4v) is 14.0. The molecule has 0 spiro atoms. The molecule has 0 bridgehead atoms. The Morgan fingerprint density at radius 2 is 0.672 bits per heavy atom. The number of carboxylic acids is 15. The van der Waals surface area contributed by atoms with Gasteiger partial charge in [0.25, 0.3) is 0 Å². The minimum Gasteiger partial charge on any atom is -0.480 e. The maximum Gasteiger partial charge on any atom is 0.320 e. The number of aliphatic hydroxyl groups excluding tert-OH is 12. The fraction of sp³-hybridized carbons (Fsp3) is 0.808. The molecule has 137 heavy (non-hydrogen) atoms. The summed E-state index contributed by atoms with van der Waals surface area (Å²) in [6, 6.07) is -3.40. The Balaban J connectivity index is 0.00000322. The van der Waals surface area contributed by atoms with Crippen LogP contribution in [-0.4, -0.2) is 611 Å². The number of hydrogen-bond donors (Lipinski definition) is 30. The summed E-state index contributed by atoms with van der Waals surface area (Å²) in [5.74, 6) is -18.8. The molecular formula is C78H140N12O47. The van der Waals surface area contributed by atoms with Crippen LogP contribution >= 0.6 is 0 Å². The van der Waals surface area contributed by atoms with E-state index in [4.69, 9.17) is 69.6 Å². The summed E-state index contributed by atoms with van der Waals surface area (Å²) in [4.78, 5) is 180. The molecular weight excluding hydrogens is 1860 g/mol. The highest BCUT2D eigenvalue weighted by atomic mass is 16.7. The van der Waals surface area contributed by atoms with Gasteiger partial charge in [-0.2, -0.15) is 0 Å². The Kier molecular flexibility index (Phi) is 65.8. The highest BCUT2D eigenvalue weighted by molar-refractivity contribution is 5.77. The summed E-state index contributed by atoms with van der Waals surface area (Å²) in [6.45, 7) is -8.76. The molecule has 0 aromatic heterocycles. The molecule has 0 aliphatic carbocycles. The van der Waals surface area contributed by atoms with E-state index in [1.165, 1.54) is 33.7 Å². The zero-order valence-corrected chi connectivity index (χ0v) is 76.2. The molecule has 2 fully saturated rings. The largest absolute Gasteiger partial charge is 0.480 e. The quantitative estimate of drug-likeness (QED) is 0.0251. The lowest BCUT2D eigenvalue weighted by Gasteiger charge is -2.47. The molecule has 2 heterocycles. The second-order valence-electron chi connectivity index (χ2n) is 32.4. The van der Waals surface area contributed by atoms with Crippen LogP contribution < -0.4 is 16.0 Å². The molecule has 794 valence electrons. The molecule has 2 aliphatic rings. The lowest BCUT2D eigenvalue weighted by atomic mass is 9.96. The molecule has 59 nitrogen and oxygen atoms in total. The van der Waals surface area contributed by atoms with Gasteiger partial charge in [-0.05, 0) is 79.2 Å². The van der Waals surface area contributed by atoms with E-state index in [1.807, 2.05) is 0 Å². The van der Waals surface area contributed by atoms with Crippen molar-refractivity contribution in [3.05, 3.63) is 0 Å². The third-order valence-electron chi connectivity index (χ3n) is 20.7. The first-order valence-corrected chi connectivity index (χ1v) is 43.3. The fourth-order valence-electron chi connectivity index (χ4n) is 14.0. The first-order valence-electron chi connectivity index (χ1n) is 43.3. The minimum absolute atomic E-state index is 0.0358. The Bertz CT molecular complexity index is 3420. The predicted molar refractivity (Wildman–Crippen MR) is 459 cm³/mol. The lowest BCUT2D eigenvalue weighted by molar-refractivity contribution is -0.368. The van der Waals surface area contributed by atoms with Crippen molar-refractivity contribution in [2.75, 3.05) is 224 Å². The summed E-state index contributed by atoms with van der Waals surface area (Å²) in [7, 11) is 2.92. The Labute approximate surface area is 785 Å². The normalized spacial score (nSPS) is 20.4. The van der Waals surface area contributed by atoms with Crippen LogP contribution in [0, 0.1) is 0 Å². The van der Waals surface area contributed by atoms with E-state index < -0.39 is 298 Å². The summed E-state index contributed by atoms with van der Waals surface area (Å²) in [5, 5.41) is 273. The SMILES string of the molecule is CC(O)C(OC1OC(COCC(O)CNCCCCC(C(=O)O)N(CCN(CC(=O)O)CC(=O)O)CCN(CC(=O)O)CC(=O)O)C(OC2OC(CO)C(O)C(O)C2O)C(O)C1O)C(O)C(O)CNCCCCC(C(=O)O)N(C)CCN(CC(=O)O)CC(=O)O.CN(CC(=O)O)CC(=O)O.O=C(O)CN(CCN(CCN(CC(=O)O)CC(=O)O)C(CCCCNCC(O)CO)C(=O)O)CC(=O)O. The third-order valence-corrected chi connectivity index (χ3v) is 20.7. The van der Waals surface area contributed by atoms with Crippen molar-refractivity contribution in [3.63, 3.8) is 0 Å². The minimum atomic E-state index is -2.11. The highest BCUT2D eigenvalue weighted by Gasteiger charge is 2.52. The van der Waals surface area contributed by atoms with E-state index in [0.29, 0.717) is 38.6 Å². The smallest absolute Gasteiger partial charge is 0.320 e. The zero-order valence-electron chi connectivity index (χ0n) is 76.2. The zero-order chi connectivity index (χ0) is 104. The Hall–Kier alpha value is -9.11. The Morgan fingerprint density at radius 3 is 0.993 bits per heavy atom. The van der Waals surface area contributed by atoms with Crippen LogP contribution in [0.4, 0.5) is 0 Å². The molecule has 2 rings (SSSR count). The van der Waals surface area contributed by atoms with Gasteiger partial charge in [0, 0.05) is 85.1 Å². The second-order valence-corrected chi connectivity index (χ2v) is 32.4. The average molecular weight is 2000 g/mol. The van der Waals surface area contributed by atoms with Gasteiger partial charge >= 0.3 is 89.5 Å². The number of hydrogen-bond acceptors (Lipinski definition) is 44. The second kappa shape index (κ2) is 70.5. The number of nitrogens with zero attached hydrogens (tertiary/aromatic N) is 9. The van der Waals surface area contributed by atoms with Crippen molar-refractivity contribution >= 4 is 89.5 Å². The average Bonchev–Trinajstić information content (AvgIpc) is 0.780. The van der Waals surface area contributed by atoms with E-state index >= 15 is 0 Å². The van der Waals surface area contributed by atoms with Gasteiger partial charge in [-0.15, -0.1) is 0 Å². The van der Waals surface area contributed by atoms with Crippen molar-refractivity contribution in [1.82, 2.24) is 60.0 Å². The number of aliphatic carboxylic acids is 15. The van der Waals surface area contributed by atoms with Crippen LogP contribution in [0.1, 0.15) is 64.7 Å². The standard InChI is InChI=1S/C52H93N7O31.C21H38N4O12.C5H9NO4/c1-28(61)47(41(76)32(63)18-54-10-5-3-7-30(49(82)83)55(2)11-12-56(19-35(64)65)20-36(66)67)89-52-46(81)44(79)48(90-51-45(80)43(78)42(77)33(25-60)87-51)34(88-52)27-86-26-29(62)17-53-9-6-4-8-31(50(84)85)59(15-13-57(21-37(68)69)22-38(70)71)16-14-58(23-39(72)73)24-40(74)75;26-14-15(27)9-22-4-2-1-3-16(21(36)37)25(7-5-23(10-17(28)29)11-18(30)31)8-6-24(12-19(32)33)13-20(34)35;1-6(2-4(7)8)3-5(9)10/h28-34,41-48,51-54,60-63,76-81H,3-27H2,1-2H3,(H,64,65)(H,66,67)(H,68,69)(H,70,71)(H,72,73)(H,74,75)(H,82,83)(H,84,85);15-16,22,26-27H,1-14H2,(H,28,29)(H,30,31)(H,32,33)(H,34,35)(H,36,37);2-3H2,1H3,(H,7,8)(H,9,10). The van der Waals surface area contributed by atoms with E-state index in [9.17, 15) is 164 Å². The monoisotopic (exact) mass is 2000 g/mol. The van der Waals surface area contributed by atoms with Crippen molar-refractivity contribution < 1.29 is 233 Å². The summed E-state index contributed by atoms with van der Waals surface area (Å²) in [5.41, 5.74) is 0. The van der Waals surface area contributed by atoms with Crippen LogP contribution in [0.5, 0.6) is 0 Å². The summed E-state index contributed by atoms with van der Waals surface area (Å²) < 4.78 is 28.7. The van der Waals surface area contributed by atoms with Crippen LogP contribution in [0.2, 0.25) is 0 Å². The van der Waals surface area contributed by atoms with Crippen molar-refractivity contribution in [2.45, 2.75) is 181 Å². The number of nitrogens with one attached hydrogen (secondary N) is 3. The van der Waals surface area contributed by atoms with Gasteiger partial charge in [-0.25, -0.2) is 0 Å². The molecule has 2 aliphatic heterocycles.